The number of aryl methyl sites for hydroxylation is 1. The molecule has 1 amide bonds. The van der Waals surface area contributed by atoms with E-state index in [1.165, 1.54) is 17.5 Å². The fourth-order valence-electron chi connectivity index (χ4n) is 4.92. The van der Waals surface area contributed by atoms with E-state index in [0.29, 0.717) is 5.91 Å². The van der Waals surface area contributed by atoms with Gasteiger partial charge in [-0.3, -0.25) is 4.79 Å². The van der Waals surface area contributed by atoms with Crippen LogP contribution in [0.4, 0.5) is 0 Å². The highest BCUT2D eigenvalue weighted by Crippen LogP contribution is 2.38. The highest BCUT2D eigenvalue weighted by molar-refractivity contribution is 5.88. The maximum atomic E-state index is 13.5. The quantitative estimate of drug-likeness (QED) is 0.751. The van der Waals surface area contributed by atoms with Crippen LogP contribution in [0.3, 0.4) is 0 Å². The molecular formula is C25H32N2O. The molecule has 0 aliphatic carbocycles. The van der Waals surface area contributed by atoms with Crippen LogP contribution in [0.15, 0.2) is 60.7 Å². The summed E-state index contributed by atoms with van der Waals surface area (Å²) in [5.74, 6) is 0.375. The smallest absolute Gasteiger partial charge is 0.233 e. The lowest BCUT2D eigenvalue weighted by Gasteiger charge is -2.43. The van der Waals surface area contributed by atoms with Crippen molar-refractivity contribution in [2.75, 3.05) is 32.7 Å². The van der Waals surface area contributed by atoms with Crippen LogP contribution in [0.25, 0.3) is 0 Å². The van der Waals surface area contributed by atoms with Crippen LogP contribution in [0.1, 0.15) is 43.2 Å². The van der Waals surface area contributed by atoms with Gasteiger partial charge in [0.25, 0.3) is 0 Å². The third kappa shape index (κ3) is 4.15. The molecule has 0 radical (unpaired) electrons. The molecule has 0 atom stereocenters. The molecule has 0 unspecified atom stereocenters. The van der Waals surface area contributed by atoms with Gasteiger partial charge in [-0.15, -0.1) is 0 Å². The van der Waals surface area contributed by atoms with Crippen LogP contribution in [-0.2, 0) is 16.6 Å². The third-order valence-corrected chi connectivity index (χ3v) is 6.62. The zero-order valence-corrected chi connectivity index (χ0v) is 16.9. The van der Waals surface area contributed by atoms with Gasteiger partial charge in [-0.25, -0.2) is 0 Å². The van der Waals surface area contributed by atoms with Gasteiger partial charge in [0.05, 0.1) is 5.41 Å². The lowest BCUT2D eigenvalue weighted by molar-refractivity contribution is -0.138. The van der Waals surface area contributed by atoms with Gasteiger partial charge >= 0.3 is 0 Å². The second-order valence-electron chi connectivity index (χ2n) is 8.38. The first kappa shape index (κ1) is 19.2. The molecule has 2 saturated heterocycles. The molecule has 2 aliphatic rings. The predicted octanol–water partition coefficient (Wildman–Crippen LogP) is 4.28. The minimum atomic E-state index is -0.318. The topological polar surface area (TPSA) is 23.6 Å². The molecule has 2 heterocycles. The van der Waals surface area contributed by atoms with E-state index in [1.807, 2.05) is 0 Å². The molecule has 0 aromatic heterocycles. The van der Waals surface area contributed by atoms with Gasteiger partial charge < -0.3 is 9.80 Å². The SMILES string of the molecule is O=C(N1CCCC1)C1(c2ccccc2)CCN(CCCc2ccccc2)CC1. The first-order chi connectivity index (χ1) is 13.8. The number of benzene rings is 2. The van der Waals surface area contributed by atoms with Gasteiger partial charge in [0, 0.05) is 13.1 Å². The number of carbonyl (C=O) groups is 1. The van der Waals surface area contributed by atoms with Crippen molar-refractivity contribution < 1.29 is 4.79 Å². The highest BCUT2D eigenvalue weighted by Gasteiger charge is 2.45. The molecule has 4 rings (SSSR count). The molecule has 0 bridgehead atoms. The summed E-state index contributed by atoms with van der Waals surface area (Å²) >= 11 is 0. The number of carbonyl (C=O) groups excluding carboxylic acids is 1. The lowest BCUT2D eigenvalue weighted by atomic mass is 9.71. The Morgan fingerprint density at radius 3 is 2.07 bits per heavy atom. The summed E-state index contributed by atoms with van der Waals surface area (Å²) in [4.78, 5) is 18.2. The molecule has 0 saturated carbocycles. The lowest BCUT2D eigenvalue weighted by Crippen LogP contribution is -2.52. The summed E-state index contributed by atoms with van der Waals surface area (Å²) in [6.07, 6.45) is 6.51. The maximum Gasteiger partial charge on any atom is 0.233 e. The van der Waals surface area contributed by atoms with Gasteiger partial charge in [0.1, 0.15) is 0 Å². The van der Waals surface area contributed by atoms with Gasteiger partial charge in [-0.1, -0.05) is 60.7 Å². The summed E-state index contributed by atoms with van der Waals surface area (Å²) in [5.41, 5.74) is 2.32. The van der Waals surface area contributed by atoms with Crippen LogP contribution in [0.5, 0.6) is 0 Å². The number of piperidine rings is 1. The first-order valence-corrected chi connectivity index (χ1v) is 10.9. The Balaban J connectivity index is 1.40. The Morgan fingerprint density at radius 2 is 1.43 bits per heavy atom. The molecule has 2 aliphatic heterocycles. The van der Waals surface area contributed by atoms with Gasteiger partial charge in [0.15, 0.2) is 0 Å². The molecule has 28 heavy (non-hydrogen) atoms. The van der Waals surface area contributed by atoms with Crippen molar-refractivity contribution in [3.63, 3.8) is 0 Å². The number of likely N-dealkylation sites (tertiary alicyclic amines) is 2. The number of nitrogens with zero attached hydrogens (tertiary/aromatic N) is 2. The van der Waals surface area contributed by atoms with Crippen molar-refractivity contribution in [1.29, 1.82) is 0 Å². The van der Waals surface area contributed by atoms with Crippen molar-refractivity contribution in [3.05, 3.63) is 71.8 Å². The highest BCUT2D eigenvalue weighted by atomic mass is 16.2. The van der Waals surface area contributed by atoms with E-state index in [1.54, 1.807) is 0 Å². The number of rotatable bonds is 6. The average Bonchev–Trinajstić information content (AvgIpc) is 3.30. The van der Waals surface area contributed by atoms with E-state index >= 15 is 0 Å². The summed E-state index contributed by atoms with van der Waals surface area (Å²) < 4.78 is 0. The Labute approximate surface area is 169 Å². The van der Waals surface area contributed by atoms with Gasteiger partial charge in [-0.05, 0) is 69.3 Å². The zero-order chi connectivity index (χ0) is 19.2. The fourth-order valence-corrected chi connectivity index (χ4v) is 4.92. The van der Waals surface area contributed by atoms with E-state index in [-0.39, 0.29) is 5.41 Å². The van der Waals surface area contributed by atoms with Crippen molar-refractivity contribution in [2.24, 2.45) is 0 Å². The van der Waals surface area contributed by atoms with Crippen LogP contribution >= 0.6 is 0 Å². The maximum absolute atomic E-state index is 13.5. The van der Waals surface area contributed by atoms with E-state index < -0.39 is 0 Å². The number of hydrogen-bond acceptors (Lipinski definition) is 2. The molecule has 2 aromatic carbocycles. The van der Waals surface area contributed by atoms with E-state index in [2.05, 4.69) is 70.5 Å². The fraction of sp³-hybridized carbons (Fsp3) is 0.480. The summed E-state index contributed by atoms with van der Waals surface area (Å²) in [5, 5.41) is 0. The predicted molar refractivity (Wildman–Crippen MR) is 114 cm³/mol. The van der Waals surface area contributed by atoms with Crippen LogP contribution in [-0.4, -0.2) is 48.4 Å². The second kappa shape index (κ2) is 8.91. The number of hydrogen-bond donors (Lipinski definition) is 0. The summed E-state index contributed by atoms with van der Waals surface area (Å²) in [7, 11) is 0. The number of amides is 1. The minimum absolute atomic E-state index is 0.318. The summed E-state index contributed by atoms with van der Waals surface area (Å²) in [6.45, 7) is 5.03. The van der Waals surface area contributed by atoms with Crippen LogP contribution in [0, 0.1) is 0 Å². The second-order valence-corrected chi connectivity index (χ2v) is 8.38. The Hall–Kier alpha value is -2.13. The Morgan fingerprint density at radius 1 is 0.821 bits per heavy atom. The molecular weight excluding hydrogens is 344 g/mol. The van der Waals surface area contributed by atoms with E-state index in [4.69, 9.17) is 0 Å². The van der Waals surface area contributed by atoms with Gasteiger partial charge in [-0.2, -0.15) is 0 Å². The van der Waals surface area contributed by atoms with Crippen molar-refractivity contribution in [3.8, 4) is 0 Å². The molecule has 2 aromatic rings. The molecule has 0 spiro atoms. The summed E-state index contributed by atoms with van der Waals surface area (Å²) in [6, 6.07) is 21.3. The van der Waals surface area contributed by atoms with Crippen molar-refractivity contribution in [1.82, 2.24) is 9.80 Å². The van der Waals surface area contributed by atoms with Gasteiger partial charge in [0.2, 0.25) is 5.91 Å². The first-order valence-electron chi connectivity index (χ1n) is 10.9. The Bertz CT molecular complexity index is 745. The monoisotopic (exact) mass is 376 g/mol. The largest absolute Gasteiger partial charge is 0.342 e. The van der Waals surface area contributed by atoms with Crippen LogP contribution in [0.2, 0.25) is 0 Å². The molecule has 0 N–H and O–H groups in total. The molecule has 3 nitrogen and oxygen atoms in total. The third-order valence-electron chi connectivity index (χ3n) is 6.62. The van der Waals surface area contributed by atoms with Crippen LogP contribution < -0.4 is 0 Å². The minimum Gasteiger partial charge on any atom is -0.342 e. The molecule has 148 valence electrons. The van der Waals surface area contributed by atoms with E-state index in [0.717, 1.165) is 64.8 Å². The van der Waals surface area contributed by atoms with Crippen molar-refractivity contribution >= 4 is 5.91 Å². The van der Waals surface area contributed by atoms with Crippen molar-refractivity contribution in [2.45, 2.75) is 43.9 Å². The Kier molecular flexibility index (Phi) is 6.11. The zero-order valence-electron chi connectivity index (χ0n) is 16.9. The average molecular weight is 377 g/mol. The molecule has 2 fully saturated rings. The molecule has 3 heteroatoms. The normalized spacial score (nSPS) is 19.6. The standard InChI is InChI=1S/C25H32N2O/c28-24(27-18-7-8-19-27)25(23-13-5-2-6-14-23)15-20-26(21-16-25)17-9-12-22-10-3-1-4-11-22/h1-6,10-11,13-14H,7-9,12,15-21H2. The van der Waals surface area contributed by atoms with E-state index in [9.17, 15) is 4.79 Å².